The number of imidazole rings is 1. The lowest BCUT2D eigenvalue weighted by Crippen LogP contribution is -2.15. The Morgan fingerprint density at radius 2 is 2.00 bits per heavy atom. The molecule has 1 N–H and O–H groups in total. The van der Waals surface area contributed by atoms with Gasteiger partial charge in [-0.3, -0.25) is 0 Å². The van der Waals surface area contributed by atoms with E-state index in [0.29, 0.717) is 13.2 Å². The summed E-state index contributed by atoms with van der Waals surface area (Å²) in [6, 6.07) is 3.83. The largest absolute Gasteiger partial charge is 0.486 e. The normalized spacial score (nSPS) is 13.9. The highest BCUT2D eigenvalue weighted by Crippen LogP contribution is 2.38. The van der Waals surface area contributed by atoms with Crippen LogP contribution in [0.3, 0.4) is 0 Å². The van der Waals surface area contributed by atoms with Gasteiger partial charge in [-0.1, -0.05) is 11.6 Å². The van der Waals surface area contributed by atoms with Gasteiger partial charge in [0.2, 0.25) is 0 Å². The maximum atomic E-state index is 6.30. The van der Waals surface area contributed by atoms with Gasteiger partial charge >= 0.3 is 0 Å². The summed E-state index contributed by atoms with van der Waals surface area (Å²) >= 11 is 7.89. The predicted octanol–water partition coefficient (Wildman–Crippen LogP) is 4.02. The summed E-state index contributed by atoms with van der Waals surface area (Å²) in [7, 11) is 0. The number of aromatic nitrogens is 2. The molecule has 4 rings (SSSR count). The summed E-state index contributed by atoms with van der Waals surface area (Å²) in [6.07, 6.45) is 0. The summed E-state index contributed by atoms with van der Waals surface area (Å²) < 4.78 is 11.2. The van der Waals surface area contributed by atoms with Crippen LogP contribution in [0.1, 0.15) is 5.56 Å². The van der Waals surface area contributed by atoms with Crippen LogP contribution in [0.5, 0.6) is 11.5 Å². The van der Waals surface area contributed by atoms with Gasteiger partial charge in [0.15, 0.2) is 11.5 Å². The monoisotopic (exact) mass is 306 g/mol. The van der Waals surface area contributed by atoms with Crippen molar-refractivity contribution in [3.63, 3.8) is 0 Å². The third kappa shape index (κ3) is 1.77. The van der Waals surface area contributed by atoms with Crippen LogP contribution in [0.4, 0.5) is 0 Å². The van der Waals surface area contributed by atoms with E-state index < -0.39 is 0 Å². The Bertz CT molecular complexity index is 766. The number of rotatable bonds is 1. The van der Waals surface area contributed by atoms with Crippen LogP contribution in [-0.2, 0) is 0 Å². The summed E-state index contributed by atoms with van der Waals surface area (Å²) in [4.78, 5) is 8.85. The fourth-order valence-corrected chi connectivity index (χ4v) is 3.47. The van der Waals surface area contributed by atoms with Crippen LogP contribution in [0.25, 0.3) is 21.7 Å². The lowest BCUT2D eigenvalue weighted by molar-refractivity contribution is 0.172. The number of thiophene rings is 1. The van der Waals surface area contributed by atoms with Gasteiger partial charge < -0.3 is 14.5 Å². The molecular weight excluding hydrogens is 296 g/mol. The predicted molar refractivity (Wildman–Crippen MR) is 80.1 cm³/mol. The molecule has 0 amide bonds. The molecular formula is C14H11ClN2O2S. The van der Waals surface area contributed by atoms with E-state index in [9.17, 15) is 0 Å². The molecule has 6 heteroatoms. The summed E-state index contributed by atoms with van der Waals surface area (Å²) in [5, 5.41) is 2.79. The zero-order valence-electron chi connectivity index (χ0n) is 10.7. The molecule has 0 saturated heterocycles. The zero-order chi connectivity index (χ0) is 13.7. The number of aryl methyl sites for hydroxylation is 1. The summed E-state index contributed by atoms with van der Waals surface area (Å²) in [5.74, 6) is 2.29. The van der Waals surface area contributed by atoms with E-state index in [2.05, 4.69) is 9.97 Å². The third-order valence-electron chi connectivity index (χ3n) is 3.26. The van der Waals surface area contributed by atoms with Crippen LogP contribution in [0.2, 0.25) is 5.02 Å². The number of benzene rings is 1. The quantitative estimate of drug-likeness (QED) is 0.738. The third-order valence-corrected chi connectivity index (χ3v) is 4.96. The minimum Gasteiger partial charge on any atom is -0.486 e. The first kappa shape index (κ1) is 12.1. The number of aromatic amines is 1. The minimum absolute atomic E-state index is 0.575. The van der Waals surface area contributed by atoms with E-state index in [1.54, 1.807) is 11.3 Å². The van der Waals surface area contributed by atoms with Crippen LogP contribution in [0, 0.1) is 6.92 Å². The van der Waals surface area contributed by atoms with Crippen molar-refractivity contribution < 1.29 is 9.47 Å². The molecule has 102 valence electrons. The molecule has 1 aliphatic rings. The maximum Gasteiger partial charge on any atom is 0.163 e. The van der Waals surface area contributed by atoms with Gasteiger partial charge in [0, 0.05) is 12.1 Å². The van der Waals surface area contributed by atoms with Crippen molar-refractivity contribution in [1.82, 2.24) is 9.97 Å². The van der Waals surface area contributed by atoms with Gasteiger partial charge in [0.25, 0.3) is 0 Å². The smallest absolute Gasteiger partial charge is 0.163 e. The number of hydrogen-bond acceptors (Lipinski definition) is 4. The van der Waals surface area contributed by atoms with Gasteiger partial charge in [0.05, 0.1) is 20.9 Å². The number of nitrogens with one attached hydrogen (secondary N) is 1. The van der Waals surface area contributed by atoms with Crippen molar-refractivity contribution in [2.45, 2.75) is 6.92 Å². The maximum absolute atomic E-state index is 6.30. The van der Waals surface area contributed by atoms with E-state index in [4.69, 9.17) is 21.1 Å². The van der Waals surface area contributed by atoms with Crippen LogP contribution >= 0.6 is 22.9 Å². The first-order valence-electron chi connectivity index (χ1n) is 6.25. The average Bonchev–Trinajstić information content (AvgIpc) is 3.00. The molecule has 0 atom stereocenters. The van der Waals surface area contributed by atoms with Crippen molar-refractivity contribution in [3.8, 4) is 22.2 Å². The minimum atomic E-state index is 0.575. The van der Waals surface area contributed by atoms with Gasteiger partial charge in [-0.05, 0) is 17.9 Å². The van der Waals surface area contributed by atoms with Crippen molar-refractivity contribution in [2.75, 3.05) is 13.2 Å². The average molecular weight is 307 g/mol. The van der Waals surface area contributed by atoms with Crippen LogP contribution in [0.15, 0.2) is 17.5 Å². The highest BCUT2D eigenvalue weighted by atomic mass is 35.5. The second-order valence-electron chi connectivity index (χ2n) is 4.66. The van der Waals surface area contributed by atoms with Crippen LogP contribution < -0.4 is 9.47 Å². The fraction of sp³-hybridized carbons (Fsp3) is 0.214. The molecule has 1 aliphatic heterocycles. The first-order valence-corrected chi connectivity index (χ1v) is 7.51. The number of H-pyrrole nitrogens is 1. The molecule has 2 aromatic heterocycles. The molecule has 4 nitrogen and oxygen atoms in total. The molecule has 0 aliphatic carbocycles. The van der Waals surface area contributed by atoms with Gasteiger partial charge in [0.1, 0.15) is 19.0 Å². The van der Waals surface area contributed by atoms with Crippen molar-refractivity contribution in [3.05, 3.63) is 28.1 Å². The Morgan fingerprint density at radius 3 is 2.70 bits per heavy atom. The Kier molecular flexibility index (Phi) is 2.65. The second kappa shape index (κ2) is 4.40. The highest BCUT2D eigenvalue weighted by Gasteiger charge is 2.17. The van der Waals surface area contributed by atoms with E-state index in [1.807, 2.05) is 24.4 Å². The summed E-state index contributed by atoms with van der Waals surface area (Å²) in [5.41, 5.74) is 2.84. The Hall–Kier alpha value is -1.72. The molecule has 3 aromatic rings. The molecule has 0 unspecified atom stereocenters. The van der Waals surface area contributed by atoms with Gasteiger partial charge in [-0.15, -0.1) is 11.3 Å². The highest BCUT2D eigenvalue weighted by molar-refractivity contribution is 7.14. The Labute approximate surface area is 124 Å². The number of fused-ring (bicyclic) bond motifs is 2. The lowest BCUT2D eigenvalue weighted by Gasteiger charge is -2.17. The number of halogens is 1. The van der Waals surface area contributed by atoms with Crippen molar-refractivity contribution in [2.24, 2.45) is 0 Å². The molecule has 0 bridgehead atoms. The van der Waals surface area contributed by atoms with E-state index in [1.165, 1.54) is 0 Å². The molecule has 0 saturated carbocycles. The zero-order valence-corrected chi connectivity index (χ0v) is 12.3. The van der Waals surface area contributed by atoms with Gasteiger partial charge in [-0.2, -0.15) is 0 Å². The number of hydrogen-bond donors (Lipinski definition) is 1. The van der Waals surface area contributed by atoms with Crippen molar-refractivity contribution in [1.29, 1.82) is 0 Å². The molecule has 20 heavy (non-hydrogen) atoms. The summed E-state index contributed by atoms with van der Waals surface area (Å²) in [6.45, 7) is 3.15. The topological polar surface area (TPSA) is 47.1 Å². The van der Waals surface area contributed by atoms with Crippen molar-refractivity contribution >= 4 is 34.0 Å². The molecule has 1 aromatic carbocycles. The van der Waals surface area contributed by atoms with E-state index in [0.717, 1.165) is 43.8 Å². The lowest BCUT2D eigenvalue weighted by atomic mass is 10.2. The Balaban J connectivity index is 1.88. The number of nitrogens with zero attached hydrogens (tertiary/aromatic N) is 1. The molecule has 3 heterocycles. The standard InChI is InChI=1S/C14H11ClN2O2S/c1-7-6-20-13(12(7)15)14-16-8-4-10-11(5-9(8)17-14)19-3-2-18-10/h4-6H,2-3H2,1H3,(H,16,17). The molecule has 0 radical (unpaired) electrons. The molecule has 0 fully saturated rings. The SMILES string of the molecule is Cc1csc(-c2nc3cc4c(cc3[nH]2)OCCO4)c1Cl. The van der Waals surface area contributed by atoms with E-state index >= 15 is 0 Å². The second-order valence-corrected chi connectivity index (χ2v) is 5.92. The fourth-order valence-electron chi connectivity index (χ4n) is 2.24. The number of ether oxygens (including phenoxy) is 2. The van der Waals surface area contributed by atoms with Crippen LogP contribution in [-0.4, -0.2) is 23.2 Å². The Morgan fingerprint density at radius 1 is 1.25 bits per heavy atom. The molecule has 0 spiro atoms. The van der Waals surface area contributed by atoms with E-state index in [-0.39, 0.29) is 0 Å². The van der Waals surface area contributed by atoms with Gasteiger partial charge in [-0.25, -0.2) is 4.98 Å². The first-order chi connectivity index (χ1) is 9.72.